The number of β-amino-alcohol motifs (C(OH)–C–C–N with tert-alkyl or cyclic N) is 1. The Kier molecular flexibility index (Phi) is 5.94. The lowest BCUT2D eigenvalue weighted by atomic mass is 9.90. The summed E-state index contributed by atoms with van der Waals surface area (Å²) in [4.78, 5) is 28.4. The average Bonchev–Trinajstić information content (AvgIpc) is 2.78. The number of benzene rings is 1. The number of hydrogen-bond donors (Lipinski definition) is 2. The highest BCUT2D eigenvalue weighted by Gasteiger charge is 2.50. The molecule has 1 unspecified atom stereocenters. The van der Waals surface area contributed by atoms with Crippen molar-refractivity contribution in [3.8, 4) is 0 Å². The number of likely N-dealkylation sites (N-methyl/N-ethyl adjacent to an activating group) is 1. The monoisotopic (exact) mass is 359 g/mol. The Balaban J connectivity index is 1.55. The van der Waals surface area contributed by atoms with Crippen LogP contribution in [-0.4, -0.2) is 58.6 Å². The van der Waals surface area contributed by atoms with E-state index in [2.05, 4.69) is 5.32 Å². The number of aliphatic hydroxyl groups excluding tert-OH is 1. The number of carbonyl (C=O) groups is 2. The van der Waals surface area contributed by atoms with Crippen molar-refractivity contribution in [3.63, 3.8) is 0 Å². The molecule has 2 N–H and O–H groups in total. The molecule has 3 rings (SSSR count). The second kappa shape index (κ2) is 8.18. The molecule has 1 saturated heterocycles. The van der Waals surface area contributed by atoms with Gasteiger partial charge in [0.1, 0.15) is 5.54 Å². The molecule has 6 nitrogen and oxygen atoms in total. The molecule has 1 spiro atoms. The number of imide groups is 1. The van der Waals surface area contributed by atoms with Gasteiger partial charge in [0.15, 0.2) is 0 Å². The largest absolute Gasteiger partial charge is 0.390 e. The van der Waals surface area contributed by atoms with Gasteiger partial charge in [-0.15, -0.1) is 0 Å². The van der Waals surface area contributed by atoms with E-state index < -0.39 is 11.6 Å². The summed E-state index contributed by atoms with van der Waals surface area (Å²) in [5.74, 6) is -0.158. The Morgan fingerprint density at radius 3 is 2.46 bits per heavy atom. The van der Waals surface area contributed by atoms with Gasteiger partial charge in [0.2, 0.25) is 0 Å². The lowest BCUT2D eigenvalue weighted by molar-refractivity contribution is -0.132. The summed E-state index contributed by atoms with van der Waals surface area (Å²) >= 11 is 0. The van der Waals surface area contributed by atoms with Gasteiger partial charge in [-0.05, 0) is 25.5 Å². The highest BCUT2D eigenvalue weighted by Crippen LogP contribution is 2.32. The molecule has 2 aliphatic rings. The quantitative estimate of drug-likeness (QED) is 0.763. The van der Waals surface area contributed by atoms with Gasteiger partial charge in [0, 0.05) is 13.1 Å². The van der Waals surface area contributed by atoms with Crippen molar-refractivity contribution < 1.29 is 14.7 Å². The minimum Gasteiger partial charge on any atom is -0.390 e. The predicted molar refractivity (Wildman–Crippen MR) is 99.5 cm³/mol. The summed E-state index contributed by atoms with van der Waals surface area (Å²) < 4.78 is 0. The van der Waals surface area contributed by atoms with Crippen LogP contribution in [0, 0.1) is 0 Å². The van der Waals surface area contributed by atoms with E-state index in [1.54, 1.807) is 0 Å². The summed E-state index contributed by atoms with van der Waals surface area (Å²) in [6.07, 6.45) is 4.79. The van der Waals surface area contributed by atoms with E-state index in [0.29, 0.717) is 25.9 Å². The molecule has 26 heavy (non-hydrogen) atoms. The maximum Gasteiger partial charge on any atom is 0.325 e. The maximum absolute atomic E-state index is 12.9. The lowest BCUT2D eigenvalue weighted by Crippen LogP contribution is -2.47. The number of urea groups is 1. The van der Waals surface area contributed by atoms with Crippen LogP contribution < -0.4 is 5.32 Å². The fourth-order valence-electron chi connectivity index (χ4n) is 4.10. The second-order valence-corrected chi connectivity index (χ2v) is 7.68. The average molecular weight is 359 g/mol. The van der Waals surface area contributed by atoms with Crippen LogP contribution in [-0.2, 0) is 11.3 Å². The van der Waals surface area contributed by atoms with E-state index in [0.717, 1.165) is 31.2 Å². The van der Waals surface area contributed by atoms with E-state index in [1.165, 1.54) is 4.90 Å². The molecule has 3 amide bonds. The Labute approximate surface area is 155 Å². The zero-order valence-corrected chi connectivity index (χ0v) is 15.5. The van der Waals surface area contributed by atoms with Crippen LogP contribution in [0.25, 0.3) is 0 Å². The minimum absolute atomic E-state index is 0.0472. The van der Waals surface area contributed by atoms with E-state index in [1.807, 2.05) is 42.3 Å². The molecule has 1 aromatic carbocycles. The first kappa shape index (κ1) is 18.9. The van der Waals surface area contributed by atoms with Gasteiger partial charge in [-0.2, -0.15) is 0 Å². The van der Waals surface area contributed by atoms with Crippen LogP contribution in [0.2, 0.25) is 0 Å². The molecule has 1 aromatic rings. The molecule has 142 valence electrons. The number of amides is 3. The van der Waals surface area contributed by atoms with Crippen LogP contribution in [0.5, 0.6) is 0 Å². The molecule has 6 heteroatoms. The van der Waals surface area contributed by atoms with E-state index in [9.17, 15) is 14.7 Å². The Bertz CT molecular complexity index is 626. The number of aliphatic hydroxyl groups is 1. The van der Waals surface area contributed by atoms with Crippen LogP contribution in [0.15, 0.2) is 30.3 Å². The number of rotatable bonds is 6. The summed E-state index contributed by atoms with van der Waals surface area (Å²) in [6, 6.07) is 9.66. The molecule has 1 aliphatic carbocycles. The van der Waals surface area contributed by atoms with Crippen molar-refractivity contribution >= 4 is 11.9 Å². The number of nitrogens with one attached hydrogen (secondary N) is 1. The van der Waals surface area contributed by atoms with Crippen molar-refractivity contribution in [2.45, 2.75) is 56.7 Å². The van der Waals surface area contributed by atoms with Gasteiger partial charge in [-0.3, -0.25) is 14.6 Å². The molecule has 0 bridgehead atoms. The summed E-state index contributed by atoms with van der Waals surface area (Å²) in [5.41, 5.74) is 0.429. The van der Waals surface area contributed by atoms with Crippen molar-refractivity contribution in [2.24, 2.45) is 0 Å². The van der Waals surface area contributed by atoms with Crippen LogP contribution in [0.1, 0.15) is 44.1 Å². The number of nitrogens with zero attached hydrogens (tertiary/aromatic N) is 2. The fourth-order valence-corrected chi connectivity index (χ4v) is 4.10. The van der Waals surface area contributed by atoms with Gasteiger partial charge >= 0.3 is 6.03 Å². The Morgan fingerprint density at radius 2 is 1.81 bits per heavy atom. The Hall–Kier alpha value is -1.92. The molecule has 0 aromatic heterocycles. The molecular weight excluding hydrogens is 330 g/mol. The van der Waals surface area contributed by atoms with Gasteiger partial charge < -0.3 is 10.4 Å². The zero-order chi connectivity index (χ0) is 18.6. The predicted octanol–water partition coefficient (Wildman–Crippen LogP) is 2.12. The summed E-state index contributed by atoms with van der Waals surface area (Å²) in [5, 5.41) is 13.3. The summed E-state index contributed by atoms with van der Waals surface area (Å²) in [7, 11) is 1.93. The fraction of sp³-hybridized carbons (Fsp3) is 0.600. The smallest absolute Gasteiger partial charge is 0.325 e. The van der Waals surface area contributed by atoms with Crippen molar-refractivity contribution in [1.29, 1.82) is 0 Å². The zero-order valence-electron chi connectivity index (χ0n) is 15.5. The van der Waals surface area contributed by atoms with Crippen LogP contribution in [0.4, 0.5) is 4.79 Å². The highest BCUT2D eigenvalue weighted by atomic mass is 16.3. The van der Waals surface area contributed by atoms with E-state index >= 15 is 0 Å². The number of hydrogen-bond acceptors (Lipinski definition) is 4. The maximum atomic E-state index is 12.9. The number of carbonyl (C=O) groups excluding carboxylic acids is 2. The van der Waals surface area contributed by atoms with Crippen LogP contribution >= 0.6 is 0 Å². The first-order valence-electron chi connectivity index (χ1n) is 9.55. The third-order valence-corrected chi connectivity index (χ3v) is 5.41. The standard InChI is InChI=1S/C20H29N3O3/c1-22(13-16-9-5-4-6-10-16)14-17(24)15-23-18(25)20(21-19(23)26)11-7-2-3-8-12-20/h4-6,9-10,17,24H,2-3,7-8,11-15H2,1H3,(H,21,26). The first-order chi connectivity index (χ1) is 12.5. The van der Waals surface area contributed by atoms with Gasteiger partial charge in [-0.1, -0.05) is 56.0 Å². The first-order valence-corrected chi connectivity index (χ1v) is 9.55. The highest BCUT2D eigenvalue weighted by molar-refractivity contribution is 6.07. The third kappa shape index (κ3) is 4.24. The molecule has 2 fully saturated rings. The van der Waals surface area contributed by atoms with Crippen molar-refractivity contribution in [2.75, 3.05) is 20.1 Å². The molecule has 1 saturated carbocycles. The Morgan fingerprint density at radius 1 is 1.15 bits per heavy atom. The summed E-state index contributed by atoms with van der Waals surface area (Å²) in [6.45, 7) is 1.16. The van der Waals surface area contributed by atoms with E-state index in [-0.39, 0.29) is 18.5 Å². The topological polar surface area (TPSA) is 72.9 Å². The van der Waals surface area contributed by atoms with Gasteiger partial charge in [-0.25, -0.2) is 4.79 Å². The molecule has 1 atom stereocenters. The van der Waals surface area contributed by atoms with E-state index in [4.69, 9.17) is 0 Å². The van der Waals surface area contributed by atoms with Gasteiger partial charge in [0.05, 0.1) is 12.6 Å². The second-order valence-electron chi connectivity index (χ2n) is 7.68. The van der Waals surface area contributed by atoms with Gasteiger partial charge in [0.25, 0.3) is 5.91 Å². The third-order valence-electron chi connectivity index (χ3n) is 5.41. The SMILES string of the molecule is CN(Cc1ccccc1)CC(O)CN1C(=O)NC2(CCCCCC2)C1=O. The lowest BCUT2D eigenvalue weighted by Gasteiger charge is -2.26. The molecular formula is C20H29N3O3. The van der Waals surface area contributed by atoms with Crippen molar-refractivity contribution in [3.05, 3.63) is 35.9 Å². The van der Waals surface area contributed by atoms with Crippen LogP contribution in [0.3, 0.4) is 0 Å². The molecule has 1 aliphatic heterocycles. The normalized spacial score (nSPS) is 21.1. The van der Waals surface area contributed by atoms with Crippen molar-refractivity contribution in [1.82, 2.24) is 15.1 Å². The molecule has 1 heterocycles. The molecule has 0 radical (unpaired) electrons. The minimum atomic E-state index is -0.764.